The average molecular weight is 263 g/mol. The van der Waals surface area contributed by atoms with Crippen LogP contribution in [-0.2, 0) is 5.41 Å². The highest BCUT2D eigenvalue weighted by molar-refractivity contribution is 5.31. The number of ether oxygens (including phenoxy) is 1. The minimum atomic E-state index is 0.0667. The zero-order valence-electron chi connectivity index (χ0n) is 13.3. The Balaban J connectivity index is 2.75. The van der Waals surface area contributed by atoms with Crippen molar-refractivity contribution in [2.24, 2.45) is 11.1 Å². The van der Waals surface area contributed by atoms with Crippen molar-refractivity contribution in [2.75, 3.05) is 6.61 Å². The van der Waals surface area contributed by atoms with Gasteiger partial charge in [0, 0.05) is 6.04 Å². The molecule has 19 heavy (non-hydrogen) atoms. The zero-order chi connectivity index (χ0) is 14.7. The number of rotatable bonds is 5. The van der Waals surface area contributed by atoms with Gasteiger partial charge in [0.15, 0.2) is 0 Å². The lowest BCUT2D eigenvalue weighted by molar-refractivity contribution is 0.282. The van der Waals surface area contributed by atoms with Gasteiger partial charge < -0.3 is 10.5 Å². The van der Waals surface area contributed by atoms with E-state index in [9.17, 15) is 0 Å². The van der Waals surface area contributed by atoms with Gasteiger partial charge in [0.25, 0.3) is 0 Å². The maximum Gasteiger partial charge on any atom is 0.119 e. The zero-order valence-corrected chi connectivity index (χ0v) is 13.3. The first-order valence-corrected chi connectivity index (χ1v) is 7.09. The normalized spacial score (nSPS) is 14.3. The van der Waals surface area contributed by atoms with Crippen molar-refractivity contribution in [3.63, 3.8) is 0 Å². The first kappa shape index (κ1) is 16.0. The lowest BCUT2D eigenvalue weighted by atomic mass is 9.72. The van der Waals surface area contributed by atoms with Gasteiger partial charge in [-0.3, -0.25) is 0 Å². The molecule has 0 radical (unpaired) electrons. The number of hydrogen-bond donors (Lipinski definition) is 1. The third kappa shape index (κ3) is 5.65. The molecular formula is C17H29NO. The summed E-state index contributed by atoms with van der Waals surface area (Å²) in [4.78, 5) is 0. The number of nitrogens with two attached hydrogens (primary N) is 1. The highest BCUT2D eigenvalue weighted by atomic mass is 16.5. The molecule has 0 fully saturated rings. The molecule has 0 aromatic heterocycles. The third-order valence-electron chi connectivity index (χ3n) is 3.12. The van der Waals surface area contributed by atoms with Crippen LogP contribution < -0.4 is 10.5 Å². The van der Waals surface area contributed by atoms with Crippen LogP contribution in [-0.4, -0.2) is 12.6 Å². The summed E-state index contributed by atoms with van der Waals surface area (Å²) < 4.78 is 5.61. The van der Waals surface area contributed by atoms with Crippen LogP contribution in [0.4, 0.5) is 0 Å². The highest BCUT2D eigenvalue weighted by Crippen LogP contribution is 2.36. The Morgan fingerprint density at radius 3 is 2.00 bits per heavy atom. The molecule has 0 heterocycles. The lowest BCUT2D eigenvalue weighted by Crippen LogP contribution is -2.25. The van der Waals surface area contributed by atoms with E-state index in [-0.39, 0.29) is 11.5 Å². The van der Waals surface area contributed by atoms with E-state index in [1.165, 1.54) is 5.56 Å². The molecule has 1 aromatic carbocycles. The molecule has 0 saturated heterocycles. The molecule has 2 N–H and O–H groups in total. The van der Waals surface area contributed by atoms with Gasteiger partial charge >= 0.3 is 0 Å². The van der Waals surface area contributed by atoms with Crippen molar-refractivity contribution in [3.8, 4) is 5.75 Å². The number of benzene rings is 1. The fourth-order valence-corrected chi connectivity index (χ4v) is 2.66. The SMILES string of the molecule is CC(N)COc1ccc(C(C)(C)CC(C)(C)C)cc1. The molecule has 1 atom stereocenters. The summed E-state index contributed by atoms with van der Waals surface area (Å²) in [6.07, 6.45) is 1.15. The van der Waals surface area contributed by atoms with Crippen molar-refractivity contribution in [3.05, 3.63) is 29.8 Å². The Labute approximate surface area is 118 Å². The Morgan fingerprint density at radius 1 is 1.05 bits per heavy atom. The van der Waals surface area contributed by atoms with Crippen LogP contribution in [0.1, 0.15) is 53.5 Å². The van der Waals surface area contributed by atoms with Gasteiger partial charge in [-0.1, -0.05) is 46.8 Å². The number of hydrogen-bond acceptors (Lipinski definition) is 2. The summed E-state index contributed by atoms with van der Waals surface area (Å²) in [5, 5.41) is 0. The predicted octanol–water partition coefficient (Wildman–Crippen LogP) is 4.13. The van der Waals surface area contributed by atoms with Gasteiger partial charge in [-0.25, -0.2) is 0 Å². The Morgan fingerprint density at radius 2 is 1.58 bits per heavy atom. The maximum atomic E-state index is 5.68. The fraction of sp³-hybridized carbons (Fsp3) is 0.647. The molecule has 0 aliphatic heterocycles. The van der Waals surface area contributed by atoms with Crippen LogP contribution in [0.25, 0.3) is 0 Å². The molecule has 2 heteroatoms. The largest absolute Gasteiger partial charge is 0.492 e. The van der Waals surface area contributed by atoms with E-state index >= 15 is 0 Å². The Hall–Kier alpha value is -1.02. The van der Waals surface area contributed by atoms with Crippen LogP contribution in [0.15, 0.2) is 24.3 Å². The molecule has 0 bridgehead atoms. The summed E-state index contributed by atoms with van der Waals surface area (Å²) in [6, 6.07) is 8.49. The van der Waals surface area contributed by atoms with Crippen LogP contribution in [0.2, 0.25) is 0 Å². The lowest BCUT2D eigenvalue weighted by Gasteiger charge is -2.33. The Kier molecular flexibility index (Phi) is 5.03. The van der Waals surface area contributed by atoms with Gasteiger partial charge in [-0.2, -0.15) is 0 Å². The topological polar surface area (TPSA) is 35.2 Å². The van der Waals surface area contributed by atoms with Gasteiger partial charge in [0.05, 0.1) is 0 Å². The quantitative estimate of drug-likeness (QED) is 0.867. The molecule has 0 aliphatic rings. The van der Waals surface area contributed by atoms with Crippen molar-refractivity contribution in [1.82, 2.24) is 0 Å². The van der Waals surface area contributed by atoms with Crippen LogP contribution in [0.5, 0.6) is 5.75 Å². The molecule has 108 valence electrons. The minimum absolute atomic E-state index is 0.0667. The van der Waals surface area contributed by atoms with E-state index in [4.69, 9.17) is 10.5 Å². The van der Waals surface area contributed by atoms with Gasteiger partial charge in [0.2, 0.25) is 0 Å². The predicted molar refractivity (Wildman–Crippen MR) is 82.7 cm³/mol. The molecular weight excluding hydrogens is 234 g/mol. The molecule has 0 spiro atoms. The van der Waals surface area contributed by atoms with Crippen molar-refractivity contribution in [2.45, 2.75) is 59.4 Å². The second-order valence-corrected chi connectivity index (χ2v) is 7.43. The monoisotopic (exact) mass is 263 g/mol. The summed E-state index contributed by atoms with van der Waals surface area (Å²) in [5.74, 6) is 0.896. The second-order valence-electron chi connectivity index (χ2n) is 7.43. The maximum absolute atomic E-state index is 5.68. The minimum Gasteiger partial charge on any atom is -0.492 e. The van der Waals surface area contributed by atoms with E-state index in [0.717, 1.165) is 12.2 Å². The van der Waals surface area contributed by atoms with Crippen LogP contribution in [0.3, 0.4) is 0 Å². The Bertz CT molecular complexity index is 385. The average Bonchev–Trinajstić information content (AvgIpc) is 2.23. The summed E-state index contributed by atoms with van der Waals surface area (Å²) >= 11 is 0. The summed E-state index contributed by atoms with van der Waals surface area (Å²) in [7, 11) is 0. The van der Waals surface area contributed by atoms with Crippen LogP contribution in [0, 0.1) is 5.41 Å². The first-order chi connectivity index (χ1) is 8.60. The van der Waals surface area contributed by atoms with E-state index in [1.807, 2.05) is 19.1 Å². The van der Waals surface area contributed by atoms with E-state index < -0.39 is 0 Å². The van der Waals surface area contributed by atoms with E-state index in [0.29, 0.717) is 12.0 Å². The summed E-state index contributed by atoms with van der Waals surface area (Å²) in [5.41, 5.74) is 7.55. The molecule has 1 unspecified atom stereocenters. The smallest absolute Gasteiger partial charge is 0.119 e. The van der Waals surface area contributed by atoms with Crippen molar-refractivity contribution < 1.29 is 4.74 Å². The first-order valence-electron chi connectivity index (χ1n) is 7.09. The van der Waals surface area contributed by atoms with E-state index in [2.05, 4.69) is 46.8 Å². The van der Waals surface area contributed by atoms with Crippen molar-refractivity contribution >= 4 is 0 Å². The van der Waals surface area contributed by atoms with Gasteiger partial charge in [-0.15, -0.1) is 0 Å². The molecule has 0 saturated carbocycles. The molecule has 1 aromatic rings. The van der Waals surface area contributed by atoms with E-state index in [1.54, 1.807) is 0 Å². The van der Waals surface area contributed by atoms with Crippen LogP contribution >= 0.6 is 0 Å². The fourth-order valence-electron chi connectivity index (χ4n) is 2.66. The molecule has 0 amide bonds. The van der Waals surface area contributed by atoms with Gasteiger partial charge in [0.1, 0.15) is 12.4 Å². The second kappa shape index (κ2) is 5.96. The molecule has 2 nitrogen and oxygen atoms in total. The third-order valence-corrected chi connectivity index (χ3v) is 3.12. The molecule has 1 rings (SSSR count). The summed E-state index contributed by atoms with van der Waals surface area (Å²) in [6.45, 7) is 14.0. The molecule has 0 aliphatic carbocycles. The highest BCUT2D eigenvalue weighted by Gasteiger charge is 2.27. The standard InChI is InChI=1S/C17H29NO/c1-13(18)11-19-15-9-7-14(8-10-15)17(5,6)12-16(2,3)4/h7-10,13H,11-12,18H2,1-6H3. The van der Waals surface area contributed by atoms with Crippen molar-refractivity contribution in [1.29, 1.82) is 0 Å². The van der Waals surface area contributed by atoms with Gasteiger partial charge in [-0.05, 0) is 41.9 Å².